The molecule has 0 bridgehead atoms. The van der Waals surface area contributed by atoms with Gasteiger partial charge in [-0.05, 0) is 31.6 Å². The molecule has 2 N–H and O–H groups in total. The fourth-order valence-corrected chi connectivity index (χ4v) is 3.99. The van der Waals surface area contributed by atoms with E-state index in [0.717, 1.165) is 24.4 Å². The zero-order valence-electron chi connectivity index (χ0n) is 11.1. The topological polar surface area (TPSA) is 84.2 Å². The van der Waals surface area contributed by atoms with E-state index in [1.54, 1.807) is 12.1 Å². The first-order valence-corrected chi connectivity index (χ1v) is 8.60. The average molecular weight is 315 g/mol. The maximum atomic E-state index is 12.1. The minimum Gasteiger partial charge on any atom is -0.360 e. The van der Waals surface area contributed by atoms with Gasteiger partial charge in [-0.3, -0.25) is 0 Å². The molecule has 8 heteroatoms. The van der Waals surface area contributed by atoms with Gasteiger partial charge in [-0.25, -0.2) is 13.1 Å². The number of nitrogens with zero attached hydrogens (tertiary/aromatic N) is 1. The van der Waals surface area contributed by atoms with Gasteiger partial charge >= 0.3 is 0 Å². The SMILES string of the molecule is CCNCCc1ccc(S(=O)(=O)NCc2ccno2)s1. The molecule has 0 saturated heterocycles. The van der Waals surface area contributed by atoms with Crippen LogP contribution in [0.1, 0.15) is 17.6 Å². The highest BCUT2D eigenvalue weighted by Gasteiger charge is 2.17. The Hall–Kier alpha value is -1.22. The van der Waals surface area contributed by atoms with Crippen LogP contribution in [0.5, 0.6) is 0 Å². The maximum Gasteiger partial charge on any atom is 0.250 e. The van der Waals surface area contributed by atoms with E-state index in [2.05, 4.69) is 15.2 Å². The fraction of sp³-hybridized carbons (Fsp3) is 0.417. The Kier molecular flexibility index (Phi) is 5.30. The van der Waals surface area contributed by atoms with Crippen LogP contribution < -0.4 is 10.0 Å². The lowest BCUT2D eigenvalue weighted by molar-refractivity contribution is 0.380. The highest BCUT2D eigenvalue weighted by Crippen LogP contribution is 2.21. The maximum absolute atomic E-state index is 12.1. The fourth-order valence-electron chi connectivity index (χ4n) is 1.60. The average Bonchev–Trinajstić information content (AvgIpc) is 3.08. The van der Waals surface area contributed by atoms with E-state index in [1.165, 1.54) is 17.5 Å². The number of nitrogens with one attached hydrogen (secondary N) is 2. The molecule has 0 aromatic carbocycles. The van der Waals surface area contributed by atoms with Crippen LogP contribution in [0.3, 0.4) is 0 Å². The number of likely N-dealkylation sites (N-methyl/N-ethyl adjacent to an activating group) is 1. The van der Waals surface area contributed by atoms with E-state index < -0.39 is 10.0 Å². The highest BCUT2D eigenvalue weighted by molar-refractivity contribution is 7.91. The van der Waals surface area contributed by atoms with Gasteiger partial charge in [0.25, 0.3) is 0 Å². The monoisotopic (exact) mass is 315 g/mol. The molecular formula is C12H17N3O3S2. The summed E-state index contributed by atoms with van der Waals surface area (Å²) in [6.07, 6.45) is 2.31. The molecule has 0 aliphatic carbocycles. The summed E-state index contributed by atoms with van der Waals surface area (Å²) in [6, 6.07) is 5.11. The molecule has 2 heterocycles. The number of hydrogen-bond donors (Lipinski definition) is 2. The van der Waals surface area contributed by atoms with Crippen LogP contribution in [0.25, 0.3) is 0 Å². The molecule has 0 fully saturated rings. The second-order valence-corrected chi connectivity index (χ2v) is 7.29. The van der Waals surface area contributed by atoms with E-state index >= 15 is 0 Å². The van der Waals surface area contributed by atoms with Crippen LogP contribution in [0.4, 0.5) is 0 Å². The second-order valence-electron chi connectivity index (χ2n) is 4.13. The van der Waals surface area contributed by atoms with Crippen molar-refractivity contribution in [1.82, 2.24) is 15.2 Å². The van der Waals surface area contributed by atoms with E-state index in [4.69, 9.17) is 4.52 Å². The van der Waals surface area contributed by atoms with Crippen molar-refractivity contribution >= 4 is 21.4 Å². The van der Waals surface area contributed by atoms with Crippen molar-refractivity contribution in [2.75, 3.05) is 13.1 Å². The molecule has 0 aliphatic heterocycles. The van der Waals surface area contributed by atoms with Crippen LogP contribution in [-0.2, 0) is 23.0 Å². The molecule has 0 spiro atoms. The smallest absolute Gasteiger partial charge is 0.250 e. The Morgan fingerprint density at radius 1 is 1.35 bits per heavy atom. The Morgan fingerprint density at radius 3 is 2.90 bits per heavy atom. The number of hydrogen-bond acceptors (Lipinski definition) is 6. The Balaban J connectivity index is 1.95. The summed E-state index contributed by atoms with van der Waals surface area (Å²) in [5.74, 6) is 0.484. The molecule has 0 atom stereocenters. The van der Waals surface area contributed by atoms with Crippen LogP contribution in [0, 0.1) is 0 Å². The molecule has 0 aliphatic rings. The lowest BCUT2D eigenvalue weighted by Gasteiger charge is -2.02. The van der Waals surface area contributed by atoms with Gasteiger partial charge in [-0.1, -0.05) is 12.1 Å². The molecule has 2 aromatic rings. The van der Waals surface area contributed by atoms with Crippen molar-refractivity contribution in [2.45, 2.75) is 24.1 Å². The van der Waals surface area contributed by atoms with Crippen LogP contribution in [0.15, 0.2) is 33.1 Å². The van der Waals surface area contributed by atoms with Crippen LogP contribution in [0.2, 0.25) is 0 Å². The second kappa shape index (κ2) is 6.98. The minimum absolute atomic E-state index is 0.104. The predicted octanol–water partition coefficient (Wildman–Crippen LogP) is 1.37. The van der Waals surface area contributed by atoms with E-state index in [-0.39, 0.29) is 6.54 Å². The number of thiophene rings is 1. The molecule has 0 unspecified atom stereocenters. The molecule has 0 radical (unpaired) electrons. The molecule has 6 nitrogen and oxygen atoms in total. The van der Waals surface area contributed by atoms with Gasteiger partial charge in [-0.2, -0.15) is 0 Å². The summed E-state index contributed by atoms with van der Waals surface area (Å²) in [4.78, 5) is 1.05. The van der Waals surface area contributed by atoms with Crippen molar-refractivity contribution < 1.29 is 12.9 Å². The first-order chi connectivity index (χ1) is 9.62. The number of rotatable bonds is 8. The van der Waals surface area contributed by atoms with Crippen molar-refractivity contribution in [3.05, 3.63) is 35.0 Å². The summed E-state index contributed by atoms with van der Waals surface area (Å²) >= 11 is 1.29. The molecule has 2 rings (SSSR count). The van der Waals surface area contributed by atoms with Gasteiger partial charge in [0.15, 0.2) is 5.76 Å². The minimum atomic E-state index is -3.49. The lowest BCUT2D eigenvalue weighted by atomic mass is 10.3. The third kappa shape index (κ3) is 4.14. The standard InChI is InChI=1S/C12H17N3O3S2/c1-2-13-7-6-11-3-4-12(19-11)20(16,17)15-9-10-5-8-14-18-10/h3-5,8,13,15H,2,6-7,9H2,1H3. The van der Waals surface area contributed by atoms with Gasteiger partial charge in [0.05, 0.1) is 12.7 Å². The third-order valence-corrected chi connectivity index (χ3v) is 5.67. The first-order valence-electron chi connectivity index (χ1n) is 6.30. The zero-order chi connectivity index (χ0) is 14.4. The normalized spacial score (nSPS) is 11.8. The van der Waals surface area contributed by atoms with Crippen LogP contribution in [-0.4, -0.2) is 26.7 Å². The van der Waals surface area contributed by atoms with Crippen molar-refractivity contribution in [3.63, 3.8) is 0 Å². The quantitative estimate of drug-likeness (QED) is 0.719. The molecular weight excluding hydrogens is 298 g/mol. The highest BCUT2D eigenvalue weighted by atomic mass is 32.2. The van der Waals surface area contributed by atoms with Gasteiger partial charge in [0.2, 0.25) is 10.0 Å². The van der Waals surface area contributed by atoms with Gasteiger partial charge in [0, 0.05) is 10.9 Å². The largest absolute Gasteiger partial charge is 0.360 e. The Bertz CT molecular complexity index is 620. The zero-order valence-corrected chi connectivity index (χ0v) is 12.8. The molecule has 110 valence electrons. The predicted molar refractivity (Wildman–Crippen MR) is 77.1 cm³/mol. The molecule has 20 heavy (non-hydrogen) atoms. The van der Waals surface area contributed by atoms with Crippen molar-refractivity contribution in [2.24, 2.45) is 0 Å². The first kappa shape index (κ1) is 15.2. The number of sulfonamides is 1. The van der Waals surface area contributed by atoms with E-state index in [1.807, 2.05) is 13.0 Å². The van der Waals surface area contributed by atoms with Crippen LogP contribution >= 0.6 is 11.3 Å². The summed E-state index contributed by atoms with van der Waals surface area (Å²) in [5, 5.41) is 6.74. The van der Waals surface area contributed by atoms with Gasteiger partial charge in [0.1, 0.15) is 4.21 Å². The molecule has 0 amide bonds. The molecule has 0 saturated carbocycles. The van der Waals surface area contributed by atoms with Gasteiger partial charge in [-0.15, -0.1) is 11.3 Å². The summed E-state index contributed by atoms with van der Waals surface area (Å²) < 4.78 is 31.9. The number of aromatic nitrogens is 1. The molecule has 2 aromatic heterocycles. The van der Waals surface area contributed by atoms with E-state index in [9.17, 15) is 8.42 Å². The summed E-state index contributed by atoms with van der Waals surface area (Å²) in [6.45, 7) is 3.90. The van der Waals surface area contributed by atoms with Crippen molar-refractivity contribution in [3.8, 4) is 0 Å². The Morgan fingerprint density at radius 2 is 2.20 bits per heavy atom. The summed E-state index contributed by atoms with van der Waals surface area (Å²) in [5.41, 5.74) is 0. The third-order valence-electron chi connectivity index (χ3n) is 2.63. The van der Waals surface area contributed by atoms with Crippen molar-refractivity contribution in [1.29, 1.82) is 0 Å². The summed E-state index contributed by atoms with van der Waals surface area (Å²) in [7, 11) is -3.49. The Labute approximate surface area is 122 Å². The van der Waals surface area contributed by atoms with Gasteiger partial charge < -0.3 is 9.84 Å². The lowest BCUT2D eigenvalue weighted by Crippen LogP contribution is -2.22. The van der Waals surface area contributed by atoms with E-state index in [0.29, 0.717) is 9.97 Å².